The highest BCUT2D eigenvalue weighted by atomic mass is 32.2. The summed E-state index contributed by atoms with van der Waals surface area (Å²) in [6.07, 6.45) is 2.55. The first-order chi connectivity index (χ1) is 4.72. The molecular formula is C7H15NOS. The Balaban J connectivity index is 3.51. The summed E-state index contributed by atoms with van der Waals surface area (Å²) >= 11 is 0. The summed E-state index contributed by atoms with van der Waals surface area (Å²) in [5.41, 5.74) is 5.26. The Morgan fingerprint density at radius 1 is 1.80 bits per heavy atom. The molecule has 0 aliphatic rings. The van der Waals surface area contributed by atoms with Crippen molar-refractivity contribution >= 4 is 10.8 Å². The molecule has 0 aromatic heterocycles. The predicted octanol–water partition coefficient (Wildman–Crippen LogP) is 0.658. The van der Waals surface area contributed by atoms with Gasteiger partial charge in [0.15, 0.2) is 0 Å². The van der Waals surface area contributed by atoms with E-state index in [0.717, 1.165) is 6.42 Å². The molecule has 0 spiro atoms. The zero-order valence-electron chi connectivity index (χ0n) is 6.38. The number of hydrogen-bond acceptors (Lipinski definition) is 2. The van der Waals surface area contributed by atoms with E-state index >= 15 is 0 Å². The topological polar surface area (TPSA) is 43.1 Å². The SMILES string of the molecule is C=CC(C)S(=O)CCCN. The summed E-state index contributed by atoms with van der Waals surface area (Å²) in [4.78, 5) is 0. The van der Waals surface area contributed by atoms with E-state index < -0.39 is 10.8 Å². The molecule has 0 aliphatic heterocycles. The van der Waals surface area contributed by atoms with Crippen LogP contribution in [-0.4, -0.2) is 21.8 Å². The summed E-state index contributed by atoms with van der Waals surface area (Å²) in [7, 11) is -0.763. The maximum Gasteiger partial charge on any atom is 0.0496 e. The molecule has 60 valence electrons. The van der Waals surface area contributed by atoms with Crippen molar-refractivity contribution < 1.29 is 4.21 Å². The minimum Gasteiger partial charge on any atom is -0.330 e. The minimum atomic E-state index is -0.763. The van der Waals surface area contributed by atoms with Gasteiger partial charge in [0, 0.05) is 21.8 Å². The van der Waals surface area contributed by atoms with Crippen molar-refractivity contribution in [3.63, 3.8) is 0 Å². The molecule has 2 nitrogen and oxygen atoms in total. The fourth-order valence-electron chi connectivity index (χ4n) is 0.519. The van der Waals surface area contributed by atoms with Crippen LogP contribution in [0.4, 0.5) is 0 Å². The molecule has 0 aromatic rings. The molecule has 0 fully saturated rings. The van der Waals surface area contributed by atoms with E-state index in [1.165, 1.54) is 0 Å². The third-order valence-corrected chi connectivity index (χ3v) is 3.01. The summed E-state index contributed by atoms with van der Waals surface area (Å²) < 4.78 is 11.1. The molecule has 10 heavy (non-hydrogen) atoms. The predicted molar refractivity (Wildman–Crippen MR) is 46.3 cm³/mol. The van der Waals surface area contributed by atoms with Crippen LogP contribution in [0, 0.1) is 0 Å². The van der Waals surface area contributed by atoms with Crippen LogP contribution in [0.2, 0.25) is 0 Å². The Hall–Kier alpha value is -0.150. The second-order valence-corrected chi connectivity index (χ2v) is 4.08. The first-order valence-electron chi connectivity index (χ1n) is 3.42. The van der Waals surface area contributed by atoms with E-state index in [4.69, 9.17) is 5.73 Å². The van der Waals surface area contributed by atoms with Crippen LogP contribution in [0.5, 0.6) is 0 Å². The van der Waals surface area contributed by atoms with Gasteiger partial charge in [0.05, 0.1) is 0 Å². The highest BCUT2D eigenvalue weighted by Crippen LogP contribution is 1.97. The lowest BCUT2D eigenvalue weighted by molar-refractivity contribution is 0.677. The Labute approximate surface area is 65.0 Å². The fourth-order valence-corrected chi connectivity index (χ4v) is 1.56. The normalized spacial score (nSPS) is 16.2. The lowest BCUT2D eigenvalue weighted by atomic mass is 10.5. The molecule has 0 saturated carbocycles. The van der Waals surface area contributed by atoms with Crippen molar-refractivity contribution in [2.75, 3.05) is 12.3 Å². The number of rotatable bonds is 5. The fraction of sp³-hybridized carbons (Fsp3) is 0.714. The first-order valence-corrected chi connectivity index (χ1v) is 4.80. The molecule has 0 heterocycles. The van der Waals surface area contributed by atoms with Crippen molar-refractivity contribution in [1.29, 1.82) is 0 Å². The molecule has 0 radical (unpaired) electrons. The van der Waals surface area contributed by atoms with Gasteiger partial charge in [-0.1, -0.05) is 6.08 Å². The first kappa shape index (κ1) is 9.85. The van der Waals surface area contributed by atoms with Crippen LogP contribution < -0.4 is 5.73 Å². The van der Waals surface area contributed by atoms with E-state index in [0.29, 0.717) is 12.3 Å². The molecule has 3 heteroatoms. The van der Waals surface area contributed by atoms with Gasteiger partial charge in [-0.3, -0.25) is 4.21 Å². The van der Waals surface area contributed by atoms with Crippen LogP contribution in [0.25, 0.3) is 0 Å². The van der Waals surface area contributed by atoms with Gasteiger partial charge in [-0.2, -0.15) is 0 Å². The Morgan fingerprint density at radius 3 is 2.80 bits per heavy atom. The third kappa shape index (κ3) is 3.80. The summed E-state index contributed by atoms with van der Waals surface area (Å²) in [6, 6.07) is 0. The van der Waals surface area contributed by atoms with Gasteiger partial charge in [-0.05, 0) is 19.9 Å². The second kappa shape index (κ2) is 5.62. The van der Waals surface area contributed by atoms with Crippen LogP contribution >= 0.6 is 0 Å². The second-order valence-electron chi connectivity index (χ2n) is 2.17. The van der Waals surface area contributed by atoms with Gasteiger partial charge in [0.1, 0.15) is 0 Å². The molecular weight excluding hydrogens is 146 g/mol. The highest BCUT2D eigenvalue weighted by molar-refractivity contribution is 7.85. The molecule has 2 unspecified atom stereocenters. The lowest BCUT2D eigenvalue weighted by Crippen LogP contribution is -2.13. The van der Waals surface area contributed by atoms with Gasteiger partial charge in [-0.25, -0.2) is 0 Å². The average Bonchev–Trinajstić information content (AvgIpc) is 1.98. The quantitative estimate of drug-likeness (QED) is 0.602. The van der Waals surface area contributed by atoms with Crippen LogP contribution in [0.3, 0.4) is 0 Å². The maximum atomic E-state index is 11.1. The zero-order valence-corrected chi connectivity index (χ0v) is 7.19. The summed E-state index contributed by atoms with van der Waals surface area (Å²) in [6.45, 7) is 6.09. The van der Waals surface area contributed by atoms with Crippen molar-refractivity contribution in [3.8, 4) is 0 Å². The molecule has 0 saturated heterocycles. The van der Waals surface area contributed by atoms with Crippen LogP contribution in [0.15, 0.2) is 12.7 Å². The Morgan fingerprint density at radius 2 is 2.40 bits per heavy atom. The smallest absolute Gasteiger partial charge is 0.0496 e. The van der Waals surface area contributed by atoms with Gasteiger partial charge in [-0.15, -0.1) is 6.58 Å². The molecule has 0 aromatic carbocycles. The number of nitrogens with two attached hydrogens (primary N) is 1. The molecule has 0 amide bonds. The van der Waals surface area contributed by atoms with Gasteiger partial charge >= 0.3 is 0 Å². The lowest BCUT2D eigenvalue weighted by Gasteiger charge is -2.03. The van der Waals surface area contributed by atoms with E-state index in [-0.39, 0.29) is 5.25 Å². The monoisotopic (exact) mass is 161 g/mol. The van der Waals surface area contributed by atoms with E-state index in [1.54, 1.807) is 6.08 Å². The molecule has 2 atom stereocenters. The van der Waals surface area contributed by atoms with Crippen molar-refractivity contribution in [2.24, 2.45) is 5.73 Å². The van der Waals surface area contributed by atoms with E-state index in [2.05, 4.69) is 6.58 Å². The minimum absolute atomic E-state index is 0.103. The molecule has 0 rings (SSSR count). The van der Waals surface area contributed by atoms with E-state index in [9.17, 15) is 4.21 Å². The highest BCUT2D eigenvalue weighted by Gasteiger charge is 2.04. The summed E-state index contributed by atoms with van der Waals surface area (Å²) in [5, 5.41) is 0.103. The average molecular weight is 161 g/mol. The van der Waals surface area contributed by atoms with Crippen LogP contribution in [0.1, 0.15) is 13.3 Å². The van der Waals surface area contributed by atoms with Crippen molar-refractivity contribution in [2.45, 2.75) is 18.6 Å². The molecule has 0 bridgehead atoms. The standard InChI is InChI=1S/C7H15NOS/c1-3-7(2)10(9)6-4-5-8/h3,7H,1,4-6,8H2,2H3. The Kier molecular flexibility index (Phi) is 5.54. The maximum absolute atomic E-state index is 11.1. The third-order valence-electron chi connectivity index (χ3n) is 1.30. The molecule has 2 N–H and O–H groups in total. The largest absolute Gasteiger partial charge is 0.330 e. The van der Waals surface area contributed by atoms with Crippen molar-refractivity contribution in [1.82, 2.24) is 0 Å². The van der Waals surface area contributed by atoms with Gasteiger partial charge in [0.2, 0.25) is 0 Å². The zero-order chi connectivity index (χ0) is 7.98. The summed E-state index contributed by atoms with van der Waals surface area (Å²) in [5.74, 6) is 0.698. The van der Waals surface area contributed by atoms with Gasteiger partial charge in [0.25, 0.3) is 0 Å². The van der Waals surface area contributed by atoms with Gasteiger partial charge < -0.3 is 5.73 Å². The van der Waals surface area contributed by atoms with Crippen molar-refractivity contribution in [3.05, 3.63) is 12.7 Å². The molecule has 0 aliphatic carbocycles. The Bertz CT molecular complexity index is 125. The van der Waals surface area contributed by atoms with E-state index in [1.807, 2.05) is 6.92 Å². The number of hydrogen-bond donors (Lipinski definition) is 1. The van der Waals surface area contributed by atoms with Crippen LogP contribution in [-0.2, 0) is 10.8 Å².